The first kappa shape index (κ1) is 17.0. The summed E-state index contributed by atoms with van der Waals surface area (Å²) in [5.41, 5.74) is 5.97. The van der Waals surface area contributed by atoms with Crippen LogP contribution in [0.15, 0.2) is 53.6 Å². The Morgan fingerprint density at radius 2 is 1.72 bits per heavy atom. The molecule has 0 saturated carbocycles. The summed E-state index contributed by atoms with van der Waals surface area (Å²) in [4.78, 5) is 13.1. The number of hydrazone groups is 1. The molecular weight excluding hydrogens is 318 g/mol. The Balaban J connectivity index is 1.55. The molecule has 0 atom stereocenters. The van der Waals surface area contributed by atoms with Crippen molar-refractivity contribution in [2.45, 2.75) is 18.9 Å². The molecule has 0 spiro atoms. The lowest BCUT2D eigenvalue weighted by Crippen LogP contribution is -2.35. The van der Waals surface area contributed by atoms with Crippen molar-refractivity contribution in [3.63, 3.8) is 0 Å². The van der Waals surface area contributed by atoms with Gasteiger partial charge in [-0.1, -0.05) is 12.1 Å². The van der Waals surface area contributed by atoms with Crippen LogP contribution in [-0.2, 0) is 0 Å². The van der Waals surface area contributed by atoms with Crippen molar-refractivity contribution >= 4 is 23.6 Å². The molecule has 0 aromatic heterocycles. The summed E-state index contributed by atoms with van der Waals surface area (Å²) in [7, 11) is 0. The Morgan fingerprint density at radius 1 is 1.08 bits per heavy atom. The number of piperidine rings is 1. The molecule has 6 nitrogen and oxygen atoms in total. The first-order valence-corrected chi connectivity index (χ1v) is 8.27. The number of rotatable bonds is 5. The van der Waals surface area contributed by atoms with Gasteiger partial charge in [0, 0.05) is 18.8 Å². The van der Waals surface area contributed by atoms with E-state index in [2.05, 4.69) is 27.6 Å². The lowest BCUT2D eigenvalue weighted by Gasteiger charge is -2.31. The highest BCUT2D eigenvalue weighted by atomic mass is 16.4. The quantitative estimate of drug-likeness (QED) is 0.576. The number of anilines is 2. The summed E-state index contributed by atoms with van der Waals surface area (Å²) >= 11 is 0. The second kappa shape index (κ2) is 7.81. The van der Waals surface area contributed by atoms with Crippen molar-refractivity contribution in [3.8, 4) is 0 Å². The van der Waals surface area contributed by atoms with Crippen LogP contribution in [0.4, 0.5) is 11.4 Å². The Bertz CT molecular complexity index is 734. The molecule has 0 amide bonds. The number of carboxylic acid groups (broad SMARTS) is 1. The van der Waals surface area contributed by atoms with E-state index in [0.717, 1.165) is 42.9 Å². The molecule has 0 radical (unpaired) electrons. The number of nitrogens with one attached hydrogen (secondary N) is 1. The van der Waals surface area contributed by atoms with Crippen molar-refractivity contribution in [1.82, 2.24) is 0 Å². The third-order valence-corrected chi connectivity index (χ3v) is 4.26. The predicted octanol–water partition coefficient (Wildman–Crippen LogP) is 2.79. The van der Waals surface area contributed by atoms with Crippen LogP contribution in [0.2, 0.25) is 0 Å². The molecule has 1 heterocycles. The maximum absolute atomic E-state index is 10.8. The van der Waals surface area contributed by atoms with E-state index in [1.165, 1.54) is 12.1 Å². The Kier molecular flexibility index (Phi) is 5.30. The van der Waals surface area contributed by atoms with Gasteiger partial charge in [0.25, 0.3) is 0 Å². The van der Waals surface area contributed by atoms with E-state index >= 15 is 0 Å². The highest BCUT2D eigenvalue weighted by molar-refractivity contribution is 5.88. The monoisotopic (exact) mass is 339 g/mol. The Morgan fingerprint density at radius 3 is 2.32 bits per heavy atom. The summed E-state index contributed by atoms with van der Waals surface area (Å²) in [5.74, 6) is -0.946. The fourth-order valence-electron chi connectivity index (χ4n) is 2.76. The van der Waals surface area contributed by atoms with E-state index in [4.69, 9.17) is 5.11 Å². The van der Waals surface area contributed by atoms with Crippen LogP contribution in [0.5, 0.6) is 0 Å². The van der Waals surface area contributed by atoms with Gasteiger partial charge in [0.2, 0.25) is 0 Å². The predicted molar refractivity (Wildman–Crippen MR) is 98.5 cm³/mol. The molecule has 2 aromatic carbocycles. The number of benzene rings is 2. The number of carbonyl (C=O) groups is 1. The first-order chi connectivity index (χ1) is 12.1. The molecule has 6 heteroatoms. The van der Waals surface area contributed by atoms with Crippen LogP contribution >= 0.6 is 0 Å². The van der Waals surface area contributed by atoms with Gasteiger partial charge in [0.05, 0.1) is 23.6 Å². The molecule has 1 fully saturated rings. The Labute approximate surface area is 146 Å². The first-order valence-electron chi connectivity index (χ1n) is 8.27. The molecule has 1 aliphatic heterocycles. The minimum Gasteiger partial charge on any atom is -0.478 e. The molecule has 0 unspecified atom stereocenters. The highest BCUT2D eigenvalue weighted by Gasteiger charge is 2.16. The van der Waals surface area contributed by atoms with Crippen molar-refractivity contribution in [2.75, 3.05) is 23.4 Å². The van der Waals surface area contributed by atoms with E-state index in [-0.39, 0.29) is 11.7 Å². The fraction of sp³-hybridized carbons (Fsp3) is 0.263. The zero-order valence-electron chi connectivity index (χ0n) is 13.8. The third-order valence-electron chi connectivity index (χ3n) is 4.26. The molecule has 0 bridgehead atoms. The van der Waals surface area contributed by atoms with Gasteiger partial charge >= 0.3 is 5.97 Å². The minimum atomic E-state index is -0.946. The molecule has 1 saturated heterocycles. The van der Waals surface area contributed by atoms with Gasteiger partial charge in [-0.2, -0.15) is 5.10 Å². The molecule has 130 valence electrons. The molecule has 3 N–H and O–H groups in total. The van der Waals surface area contributed by atoms with Crippen LogP contribution in [0.25, 0.3) is 0 Å². The van der Waals surface area contributed by atoms with Crippen molar-refractivity contribution < 1.29 is 15.0 Å². The molecule has 0 aliphatic carbocycles. The van der Waals surface area contributed by atoms with Gasteiger partial charge in [-0.15, -0.1) is 0 Å². The SMILES string of the molecule is O=C(O)c1ccc(NN=Cc2ccc(N3CCC(O)CC3)cc2)cc1. The van der Waals surface area contributed by atoms with Crippen molar-refractivity contribution in [1.29, 1.82) is 0 Å². The van der Waals surface area contributed by atoms with E-state index in [0.29, 0.717) is 0 Å². The number of aliphatic hydroxyl groups excluding tert-OH is 1. The van der Waals surface area contributed by atoms with Crippen molar-refractivity contribution in [2.24, 2.45) is 5.10 Å². The van der Waals surface area contributed by atoms with Crippen LogP contribution in [-0.4, -0.2) is 41.6 Å². The van der Waals surface area contributed by atoms with Gasteiger partial charge in [-0.3, -0.25) is 5.43 Å². The number of hydrogen-bond donors (Lipinski definition) is 3. The third kappa shape index (κ3) is 4.58. The van der Waals surface area contributed by atoms with Crippen LogP contribution in [0, 0.1) is 0 Å². The van der Waals surface area contributed by atoms with E-state index in [9.17, 15) is 9.90 Å². The molecule has 1 aliphatic rings. The number of aromatic carboxylic acids is 1. The molecule has 25 heavy (non-hydrogen) atoms. The van der Waals surface area contributed by atoms with Gasteiger partial charge in [0.15, 0.2) is 0 Å². The summed E-state index contributed by atoms with van der Waals surface area (Å²) in [6.07, 6.45) is 3.18. The average molecular weight is 339 g/mol. The zero-order chi connectivity index (χ0) is 17.6. The number of nitrogens with zero attached hydrogens (tertiary/aromatic N) is 2. The normalized spacial score (nSPS) is 15.5. The van der Waals surface area contributed by atoms with Crippen LogP contribution < -0.4 is 10.3 Å². The van der Waals surface area contributed by atoms with Crippen LogP contribution in [0.3, 0.4) is 0 Å². The van der Waals surface area contributed by atoms with Gasteiger partial charge in [-0.25, -0.2) is 4.79 Å². The Hall–Kier alpha value is -2.86. The van der Waals surface area contributed by atoms with E-state index < -0.39 is 5.97 Å². The minimum absolute atomic E-state index is 0.168. The maximum Gasteiger partial charge on any atom is 0.335 e. The number of aliphatic hydroxyl groups is 1. The summed E-state index contributed by atoms with van der Waals surface area (Å²) in [6, 6.07) is 14.5. The van der Waals surface area contributed by atoms with E-state index in [1.807, 2.05) is 12.1 Å². The smallest absolute Gasteiger partial charge is 0.335 e. The highest BCUT2D eigenvalue weighted by Crippen LogP contribution is 2.20. The molecule has 2 aromatic rings. The largest absolute Gasteiger partial charge is 0.478 e. The maximum atomic E-state index is 10.8. The molecule has 3 rings (SSSR count). The summed E-state index contributed by atoms with van der Waals surface area (Å²) < 4.78 is 0. The zero-order valence-corrected chi connectivity index (χ0v) is 13.8. The second-order valence-corrected chi connectivity index (χ2v) is 6.06. The lowest BCUT2D eigenvalue weighted by atomic mass is 10.1. The van der Waals surface area contributed by atoms with Gasteiger partial charge < -0.3 is 15.1 Å². The average Bonchev–Trinajstić information content (AvgIpc) is 2.63. The lowest BCUT2D eigenvalue weighted by molar-refractivity contribution is 0.0697. The van der Waals surface area contributed by atoms with Crippen LogP contribution in [0.1, 0.15) is 28.8 Å². The second-order valence-electron chi connectivity index (χ2n) is 6.06. The van der Waals surface area contributed by atoms with Gasteiger partial charge in [-0.05, 0) is 54.8 Å². The summed E-state index contributed by atoms with van der Waals surface area (Å²) in [5, 5.41) is 22.6. The standard InChI is InChI=1S/C19H21N3O3/c23-18-9-11-22(12-10-18)17-7-1-14(2-8-17)13-20-21-16-5-3-15(4-6-16)19(24)25/h1-8,13,18,21,23H,9-12H2,(H,24,25). The fourth-order valence-corrected chi connectivity index (χ4v) is 2.76. The molecular formula is C19H21N3O3. The number of hydrogen-bond acceptors (Lipinski definition) is 5. The van der Waals surface area contributed by atoms with Gasteiger partial charge in [0.1, 0.15) is 0 Å². The topological polar surface area (TPSA) is 85.2 Å². The van der Waals surface area contributed by atoms with E-state index in [1.54, 1.807) is 18.3 Å². The number of carboxylic acids is 1. The summed E-state index contributed by atoms with van der Waals surface area (Å²) in [6.45, 7) is 1.75. The van der Waals surface area contributed by atoms with Crippen molar-refractivity contribution in [3.05, 3.63) is 59.7 Å².